The van der Waals surface area contributed by atoms with Crippen LogP contribution in [-0.2, 0) is 4.74 Å². The molecule has 0 saturated heterocycles. The molecular weight excluding hydrogens is 362 g/mol. The molecule has 0 aliphatic rings. The normalized spacial score (nSPS) is 12.3. The number of halogens is 2. The summed E-state index contributed by atoms with van der Waals surface area (Å²) >= 11 is 6.79. The number of benzene rings is 1. The maximum absolute atomic E-state index is 12.4. The first-order valence-electron chi connectivity index (χ1n) is 5.75. The summed E-state index contributed by atoms with van der Waals surface area (Å²) in [6.45, 7) is 5.15. The molecule has 0 aliphatic carbocycles. The standard InChI is InChI=1S/C13H17Br2NO2/c1-4-16(9(2)8-18-3)13(17)10-5-11(14)7-12(15)6-10/h5-7,9H,4,8H2,1-3H3. The van der Waals surface area contributed by atoms with Crippen LogP contribution in [0.3, 0.4) is 0 Å². The third-order valence-corrected chi connectivity index (χ3v) is 3.57. The minimum absolute atomic E-state index is 0.0176. The van der Waals surface area contributed by atoms with E-state index in [1.165, 1.54) is 0 Å². The molecule has 0 saturated carbocycles. The molecule has 1 amide bonds. The van der Waals surface area contributed by atoms with E-state index in [-0.39, 0.29) is 11.9 Å². The van der Waals surface area contributed by atoms with Crippen LogP contribution in [0.4, 0.5) is 0 Å². The zero-order chi connectivity index (χ0) is 13.7. The Labute approximate surface area is 125 Å². The molecular formula is C13H17Br2NO2. The van der Waals surface area contributed by atoms with Crippen molar-refractivity contribution in [2.24, 2.45) is 0 Å². The number of methoxy groups -OCH3 is 1. The van der Waals surface area contributed by atoms with E-state index in [2.05, 4.69) is 31.9 Å². The lowest BCUT2D eigenvalue weighted by molar-refractivity contribution is 0.0579. The van der Waals surface area contributed by atoms with Gasteiger partial charge >= 0.3 is 0 Å². The monoisotopic (exact) mass is 377 g/mol. The van der Waals surface area contributed by atoms with E-state index in [0.717, 1.165) is 8.95 Å². The minimum Gasteiger partial charge on any atom is -0.383 e. The number of rotatable bonds is 5. The fraction of sp³-hybridized carbons (Fsp3) is 0.462. The Hall–Kier alpha value is -0.390. The van der Waals surface area contributed by atoms with E-state index in [9.17, 15) is 4.79 Å². The van der Waals surface area contributed by atoms with E-state index >= 15 is 0 Å². The molecule has 3 nitrogen and oxygen atoms in total. The maximum atomic E-state index is 12.4. The molecule has 0 N–H and O–H groups in total. The fourth-order valence-electron chi connectivity index (χ4n) is 1.83. The molecule has 0 radical (unpaired) electrons. The zero-order valence-electron chi connectivity index (χ0n) is 10.7. The number of likely N-dealkylation sites (N-methyl/N-ethyl adjacent to an activating group) is 1. The first-order valence-corrected chi connectivity index (χ1v) is 7.34. The zero-order valence-corrected chi connectivity index (χ0v) is 13.9. The fourth-order valence-corrected chi connectivity index (χ4v) is 3.12. The van der Waals surface area contributed by atoms with Gasteiger partial charge in [-0.05, 0) is 32.0 Å². The van der Waals surface area contributed by atoms with Gasteiger partial charge in [0.15, 0.2) is 0 Å². The van der Waals surface area contributed by atoms with Gasteiger partial charge in [-0.3, -0.25) is 4.79 Å². The van der Waals surface area contributed by atoms with Crippen molar-refractivity contribution in [3.05, 3.63) is 32.7 Å². The molecule has 1 aromatic carbocycles. The molecule has 0 fully saturated rings. The van der Waals surface area contributed by atoms with Gasteiger partial charge in [-0.2, -0.15) is 0 Å². The molecule has 100 valence electrons. The molecule has 0 aromatic heterocycles. The quantitative estimate of drug-likeness (QED) is 0.781. The van der Waals surface area contributed by atoms with Gasteiger partial charge in [0.1, 0.15) is 0 Å². The Bertz CT molecular complexity index is 403. The Balaban J connectivity index is 2.96. The molecule has 0 heterocycles. The molecule has 0 aliphatic heterocycles. The molecule has 0 spiro atoms. The number of carbonyl (C=O) groups is 1. The van der Waals surface area contributed by atoms with Crippen molar-refractivity contribution >= 4 is 37.8 Å². The number of nitrogens with zero attached hydrogens (tertiary/aromatic N) is 1. The van der Waals surface area contributed by atoms with Gasteiger partial charge in [0.05, 0.1) is 12.6 Å². The Morgan fingerprint density at radius 2 is 1.89 bits per heavy atom. The Kier molecular flexibility index (Phi) is 6.32. The second kappa shape index (κ2) is 7.26. The average Bonchev–Trinajstić information content (AvgIpc) is 2.28. The molecule has 5 heteroatoms. The lowest BCUT2D eigenvalue weighted by atomic mass is 10.1. The molecule has 1 rings (SSSR count). The van der Waals surface area contributed by atoms with Crippen LogP contribution >= 0.6 is 31.9 Å². The minimum atomic E-state index is 0.0176. The van der Waals surface area contributed by atoms with Crippen LogP contribution in [0.1, 0.15) is 24.2 Å². The van der Waals surface area contributed by atoms with Crippen molar-refractivity contribution in [1.82, 2.24) is 4.90 Å². The smallest absolute Gasteiger partial charge is 0.254 e. The summed E-state index contributed by atoms with van der Waals surface area (Å²) in [6.07, 6.45) is 0. The lowest BCUT2D eigenvalue weighted by Gasteiger charge is -2.27. The van der Waals surface area contributed by atoms with E-state index in [0.29, 0.717) is 18.7 Å². The number of carbonyl (C=O) groups excluding carboxylic acids is 1. The highest BCUT2D eigenvalue weighted by Gasteiger charge is 2.20. The third-order valence-electron chi connectivity index (χ3n) is 2.65. The highest BCUT2D eigenvalue weighted by atomic mass is 79.9. The SMILES string of the molecule is CCN(C(=O)c1cc(Br)cc(Br)c1)C(C)COC. The number of hydrogen-bond acceptors (Lipinski definition) is 2. The Morgan fingerprint density at radius 3 is 2.33 bits per heavy atom. The predicted molar refractivity (Wildman–Crippen MR) is 79.9 cm³/mol. The molecule has 1 atom stereocenters. The largest absolute Gasteiger partial charge is 0.383 e. The average molecular weight is 379 g/mol. The summed E-state index contributed by atoms with van der Waals surface area (Å²) in [5.41, 5.74) is 0.668. The van der Waals surface area contributed by atoms with E-state index < -0.39 is 0 Å². The number of hydrogen-bond donors (Lipinski definition) is 0. The van der Waals surface area contributed by atoms with Gasteiger partial charge in [-0.1, -0.05) is 31.9 Å². The summed E-state index contributed by atoms with van der Waals surface area (Å²) < 4.78 is 6.88. The third kappa shape index (κ3) is 4.07. The van der Waals surface area contributed by atoms with Gasteiger partial charge in [0, 0.05) is 28.2 Å². The summed E-state index contributed by atoms with van der Waals surface area (Å²) in [5, 5.41) is 0. The van der Waals surface area contributed by atoms with Crippen LogP contribution in [-0.4, -0.2) is 37.1 Å². The highest BCUT2D eigenvalue weighted by Crippen LogP contribution is 2.21. The topological polar surface area (TPSA) is 29.5 Å². The van der Waals surface area contributed by atoms with Crippen LogP contribution < -0.4 is 0 Å². The predicted octanol–water partition coefficient (Wildman–Crippen LogP) is 3.71. The van der Waals surface area contributed by atoms with Crippen LogP contribution in [0, 0.1) is 0 Å². The van der Waals surface area contributed by atoms with Crippen molar-refractivity contribution in [1.29, 1.82) is 0 Å². The molecule has 0 bridgehead atoms. The summed E-state index contributed by atoms with van der Waals surface area (Å²) in [6, 6.07) is 5.63. The van der Waals surface area contributed by atoms with Gasteiger partial charge in [0.2, 0.25) is 0 Å². The number of amides is 1. The second-order valence-electron chi connectivity index (χ2n) is 4.05. The number of ether oxygens (including phenoxy) is 1. The van der Waals surface area contributed by atoms with E-state index in [1.54, 1.807) is 12.0 Å². The Morgan fingerprint density at radius 1 is 1.33 bits per heavy atom. The van der Waals surface area contributed by atoms with Crippen molar-refractivity contribution in [2.75, 3.05) is 20.3 Å². The lowest BCUT2D eigenvalue weighted by Crippen LogP contribution is -2.40. The van der Waals surface area contributed by atoms with Crippen LogP contribution in [0.25, 0.3) is 0 Å². The van der Waals surface area contributed by atoms with Crippen LogP contribution in [0.2, 0.25) is 0 Å². The van der Waals surface area contributed by atoms with Gasteiger partial charge in [0.25, 0.3) is 5.91 Å². The van der Waals surface area contributed by atoms with Crippen molar-refractivity contribution < 1.29 is 9.53 Å². The van der Waals surface area contributed by atoms with E-state index in [1.807, 2.05) is 32.0 Å². The van der Waals surface area contributed by atoms with Crippen molar-refractivity contribution in [3.63, 3.8) is 0 Å². The highest BCUT2D eigenvalue weighted by molar-refractivity contribution is 9.11. The summed E-state index contributed by atoms with van der Waals surface area (Å²) in [4.78, 5) is 14.2. The molecule has 1 aromatic rings. The van der Waals surface area contributed by atoms with Crippen molar-refractivity contribution in [2.45, 2.75) is 19.9 Å². The first kappa shape index (κ1) is 15.7. The maximum Gasteiger partial charge on any atom is 0.254 e. The van der Waals surface area contributed by atoms with Gasteiger partial charge in [-0.15, -0.1) is 0 Å². The summed E-state index contributed by atoms with van der Waals surface area (Å²) in [5.74, 6) is 0.0176. The molecule has 1 unspecified atom stereocenters. The van der Waals surface area contributed by atoms with Gasteiger partial charge in [-0.25, -0.2) is 0 Å². The second-order valence-corrected chi connectivity index (χ2v) is 5.89. The molecule has 18 heavy (non-hydrogen) atoms. The van der Waals surface area contributed by atoms with Crippen molar-refractivity contribution in [3.8, 4) is 0 Å². The first-order chi connectivity index (χ1) is 8.49. The van der Waals surface area contributed by atoms with Gasteiger partial charge < -0.3 is 9.64 Å². The van der Waals surface area contributed by atoms with E-state index in [4.69, 9.17) is 4.74 Å². The van der Waals surface area contributed by atoms with Crippen LogP contribution in [0.15, 0.2) is 27.1 Å². The van der Waals surface area contributed by atoms with Crippen LogP contribution in [0.5, 0.6) is 0 Å². The summed E-state index contributed by atoms with van der Waals surface area (Å²) in [7, 11) is 1.64.